The molecule has 3 aromatic rings. The second kappa shape index (κ2) is 8.95. The van der Waals surface area contributed by atoms with E-state index in [1.165, 1.54) is 4.31 Å². The Labute approximate surface area is 170 Å². The highest BCUT2D eigenvalue weighted by Gasteiger charge is 2.24. The maximum Gasteiger partial charge on any atom is 0.262 e. The molecule has 0 aliphatic rings. The molecule has 0 saturated heterocycles. The number of aromatic nitrogens is 2. The summed E-state index contributed by atoms with van der Waals surface area (Å²) in [5, 5.41) is 6.59. The summed E-state index contributed by atoms with van der Waals surface area (Å²) in [6.45, 7) is 3.42. The van der Waals surface area contributed by atoms with Gasteiger partial charge in [0.2, 0.25) is 0 Å². The molecule has 10 heteroatoms. The summed E-state index contributed by atoms with van der Waals surface area (Å²) in [5.74, 6) is 0.172. The number of nitrogens with one attached hydrogen (secondary N) is 1. The minimum Gasteiger partial charge on any atom is -0.359 e. The smallest absolute Gasteiger partial charge is 0.262 e. The van der Waals surface area contributed by atoms with E-state index in [1.807, 2.05) is 0 Å². The molecule has 0 bridgehead atoms. The van der Waals surface area contributed by atoms with Gasteiger partial charge in [0.15, 0.2) is 5.76 Å². The zero-order valence-electron chi connectivity index (χ0n) is 15.9. The van der Waals surface area contributed by atoms with Crippen molar-refractivity contribution in [2.24, 2.45) is 5.73 Å². The lowest BCUT2D eigenvalue weighted by Crippen LogP contribution is -2.34. The van der Waals surface area contributed by atoms with Gasteiger partial charge in [0.25, 0.3) is 17.2 Å². The molecule has 2 aromatic heterocycles. The average Bonchev–Trinajstić information content (AvgIpc) is 3.04. The molecule has 2 unspecified atom stereocenters. The maximum absolute atomic E-state index is 12.3. The highest BCUT2D eigenvalue weighted by Crippen LogP contribution is 2.27. The lowest BCUT2D eigenvalue weighted by molar-refractivity contribution is 0.102. The average molecular weight is 415 g/mol. The number of nitrogens with two attached hydrogens (primary N) is 1. The molecule has 0 fully saturated rings. The van der Waals surface area contributed by atoms with Crippen molar-refractivity contribution in [1.29, 1.82) is 0 Å². The summed E-state index contributed by atoms with van der Waals surface area (Å²) in [6.07, 6.45) is 3.18. The number of hydrogen-bond acceptors (Lipinski definition) is 6. The molecule has 3 rings (SSSR count). The van der Waals surface area contributed by atoms with Crippen molar-refractivity contribution >= 4 is 28.5 Å². The number of anilines is 2. The molecule has 0 saturated carbocycles. The Morgan fingerprint density at radius 1 is 1.24 bits per heavy atom. The van der Waals surface area contributed by atoms with Crippen LogP contribution in [-0.2, 0) is 11.3 Å². The number of rotatable bonds is 7. The summed E-state index contributed by atoms with van der Waals surface area (Å²) in [6, 6.07) is 9.57. The Bertz CT molecular complexity index is 988. The molecule has 1 amide bonds. The van der Waals surface area contributed by atoms with E-state index < -0.39 is 17.3 Å². The third-order valence-corrected chi connectivity index (χ3v) is 5.04. The summed E-state index contributed by atoms with van der Waals surface area (Å²) in [5.41, 5.74) is 9.01. The first-order valence-corrected chi connectivity index (χ1v) is 9.81. The Morgan fingerprint density at radius 2 is 1.90 bits per heavy atom. The molecular weight excluding hydrogens is 394 g/mol. The quantitative estimate of drug-likeness (QED) is 0.505. The molecule has 9 nitrogen and oxygen atoms in total. The van der Waals surface area contributed by atoms with Crippen LogP contribution in [0.1, 0.15) is 33.4 Å². The second-order valence-electron chi connectivity index (χ2n) is 6.38. The van der Waals surface area contributed by atoms with Crippen molar-refractivity contribution < 1.29 is 18.1 Å². The largest absolute Gasteiger partial charge is 0.359 e. The van der Waals surface area contributed by atoms with Gasteiger partial charge >= 0.3 is 0 Å². The number of carbonyl (C=O) groups is 1. The van der Waals surface area contributed by atoms with Crippen LogP contribution in [-0.4, -0.2) is 31.4 Å². The summed E-state index contributed by atoms with van der Waals surface area (Å²) in [7, 11) is 0. The summed E-state index contributed by atoms with van der Waals surface area (Å²) < 4.78 is 27.9. The third-order valence-electron chi connectivity index (χ3n) is 4.34. The van der Waals surface area contributed by atoms with E-state index >= 15 is 0 Å². The fraction of sp³-hybridized carbons (Fsp3) is 0.211. The minimum absolute atomic E-state index is 0.0641. The Morgan fingerprint density at radius 3 is 2.45 bits per heavy atom. The second-order valence-corrected chi connectivity index (χ2v) is 7.29. The van der Waals surface area contributed by atoms with Gasteiger partial charge in [0, 0.05) is 29.7 Å². The van der Waals surface area contributed by atoms with Gasteiger partial charge < -0.3 is 15.6 Å². The minimum atomic E-state index is -2.30. The van der Waals surface area contributed by atoms with Gasteiger partial charge in [-0.05, 0) is 43.7 Å². The fourth-order valence-electron chi connectivity index (χ4n) is 2.87. The predicted octanol–water partition coefficient (Wildman–Crippen LogP) is 2.58. The topological polar surface area (TPSA) is 135 Å². The van der Waals surface area contributed by atoms with Crippen LogP contribution in [0.15, 0.2) is 53.3 Å². The third kappa shape index (κ3) is 4.86. The van der Waals surface area contributed by atoms with E-state index in [4.69, 9.17) is 10.3 Å². The first-order chi connectivity index (χ1) is 13.9. The first-order valence-electron chi connectivity index (χ1n) is 8.75. The molecular formula is C19H21N5O4S. The zero-order valence-corrected chi connectivity index (χ0v) is 16.7. The van der Waals surface area contributed by atoms with Crippen molar-refractivity contribution in [3.8, 4) is 0 Å². The molecule has 4 N–H and O–H groups in total. The highest BCUT2D eigenvalue weighted by molar-refractivity contribution is 7.80. The zero-order chi connectivity index (χ0) is 21.0. The summed E-state index contributed by atoms with van der Waals surface area (Å²) >= 11 is -2.30. The van der Waals surface area contributed by atoms with Gasteiger partial charge in [0.05, 0.1) is 6.54 Å². The molecule has 29 heavy (non-hydrogen) atoms. The lowest BCUT2D eigenvalue weighted by atomic mass is 10.0. The first kappa shape index (κ1) is 20.6. The molecule has 0 aliphatic carbocycles. The van der Waals surface area contributed by atoms with Crippen LogP contribution in [0.2, 0.25) is 0 Å². The number of amides is 1. The van der Waals surface area contributed by atoms with Gasteiger partial charge in [-0.25, -0.2) is 4.21 Å². The highest BCUT2D eigenvalue weighted by atomic mass is 32.2. The Kier molecular flexibility index (Phi) is 6.37. The fourth-order valence-corrected chi connectivity index (χ4v) is 3.58. The van der Waals surface area contributed by atoms with Gasteiger partial charge in [-0.2, -0.15) is 0 Å². The number of benzene rings is 1. The van der Waals surface area contributed by atoms with E-state index in [0.29, 0.717) is 34.0 Å². The molecule has 0 aliphatic heterocycles. The molecule has 0 spiro atoms. The molecule has 2 atom stereocenters. The monoisotopic (exact) mass is 415 g/mol. The summed E-state index contributed by atoms with van der Waals surface area (Å²) in [4.78, 5) is 16.2. The molecule has 2 heterocycles. The van der Waals surface area contributed by atoms with Gasteiger partial charge in [-0.3, -0.25) is 18.6 Å². The number of hydrogen-bond donors (Lipinski definition) is 3. The van der Waals surface area contributed by atoms with Crippen LogP contribution in [0.4, 0.5) is 11.4 Å². The van der Waals surface area contributed by atoms with E-state index in [1.54, 1.807) is 62.6 Å². The molecule has 1 aromatic carbocycles. The van der Waals surface area contributed by atoms with Crippen molar-refractivity contribution in [3.05, 3.63) is 71.4 Å². The van der Waals surface area contributed by atoms with Crippen molar-refractivity contribution in [1.82, 2.24) is 10.1 Å². The standard InChI is InChI=1S/C19H21N5O4S/c1-12-18(13(2)28-23-12)24(29(26)27)11-17(20)14-3-5-15(6-4-14)19(25)22-16-7-9-21-10-8-16/h3-10,17H,11,20H2,1-2H3,(H,26,27)(H,21,22,25). The van der Waals surface area contributed by atoms with E-state index in [0.717, 1.165) is 0 Å². The molecule has 0 radical (unpaired) electrons. The van der Waals surface area contributed by atoms with Crippen LogP contribution in [0.3, 0.4) is 0 Å². The molecule has 152 valence electrons. The van der Waals surface area contributed by atoms with Gasteiger partial charge in [-0.1, -0.05) is 17.3 Å². The maximum atomic E-state index is 12.3. The van der Waals surface area contributed by atoms with Crippen LogP contribution in [0, 0.1) is 13.8 Å². The van der Waals surface area contributed by atoms with E-state index in [9.17, 15) is 13.6 Å². The normalized spacial score (nSPS) is 13.0. The number of pyridine rings is 1. The van der Waals surface area contributed by atoms with Crippen LogP contribution < -0.4 is 15.4 Å². The van der Waals surface area contributed by atoms with Crippen molar-refractivity contribution in [3.63, 3.8) is 0 Å². The predicted molar refractivity (Wildman–Crippen MR) is 110 cm³/mol. The van der Waals surface area contributed by atoms with Gasteiger partial charge in [-0.15, -0.1) is 0 Å². The van der Waals surface area contributed by atoms with E-state index in [-0.39, 0.29) is 12.5 Å². The lowest BCUT2D eigenvalue weighted by Gasteiger charge is -2.23. The number of aryl methyl sites for hydroxylation is 2. The Hall–Kier alpha value is -3.08. The van der Waals surface area contributed by atoms with E-state index in [2.05, 4.69) is 15.5 Å². The number of carbonyl (C=O) groups excluding carboxylic acids is 1. The SMILES string of the molecule is Cc1noc(C)c1N(CC(N)c1ccc(C(=O)Nc2ccncc2)cc1)S(=O)O. The van der Waals surface area contributed by atoms with Crippen LogP contribution in [0.5, 0.6) is 0 Å². The van der Waals surface area contributed by atoms with Crippen molar-refractivity contribution in [2.45, 2.75) is 19.9 Å². The van der Waals surface area contributed by atoms with Crippen LogP contribution in [0.25, 0.3) is 0 Å². The van der Waals surface area contributed by atoms with Crippen LogP contribution >= 0.6 is 0 Å². The van der Waals surface area contributed by atoms with Gasteiger partial charge in [0.1, 0.15) is 11.4 Å². The van der Waals surface area contributed by atoms with Crippen molar-refractivity contribution in [2.75, 3.05) is 16.2 Å². The number of nitrogens with zero attached hydrogens (tertiary/aromatic N) is 3. The Balaban J connectivity index is 1.71.